The maximum absolute atomic E-state index is 13.6. The minimum absolute atomic E-state index is 0.0957. The molecule has 0 fully saturated rings. The lowest BCUT2D eigenvalue weighted by atomic mass is 10.2. The number of methoxy groups -OCH3 is 1. The van der Waals surface area contributed by atoms with Crippen molar-refractivity contribution in [1.82, 2.24) is 0 Å². The van der Waals surface area contributed by atoms with Gasteiger partial charge in [0.05, 0.1) is 13.3 Å². The van der Waals surface area contributed by atoms with Crippen LogP contribution in [-0.4, -0.2) is 13.3 Å². The van der Waals surface area contributed by atoms with Gasteiger partial charge < -0.3 is 15.3 Å². The lowest BCUT2D eigenvalue weighted by Crippen LogP contribution is -2.02. The molecular formula is C15H15FN2O2. The summed E-state index contributed by atoms with van der Waals surface area (Å²) in [5.41, 5.74) is 1.14. The molecule has 0 saturated carbocycles. The van der Waals surface area contributed by atoms with Gasteiger partial charge in [-0.25, -0.2) is 4.39 Å². The lowest BCUT2D eigenvalue weighted by Gasteiger charge is -2.13. The monoisotopic (exact) mass is 274 g/mol. The van der Waals surface area contributed by atoms with Gasteiger partial charge in [0.15, 0.2) is 11.5 Å². The zero-order chi connectivity index (χ0) is 14.4. The Hall–Kier alpha value is -2.56. The normalized spacial score (nSPS) is 10.7. The van der Waals surface area contributed by atoms with Crippen LogP contribution in [0.2, 0.25) is 0 Å². The Morgan fingerprint density at radius 3 is 2.70 bits per heavy atom. The van der Waals surface area contributed by atoms with E-state index in [0.29, 0.717) is 22.6 Å². The van der Waals surface area contributed by atoms with E-state index in [4.69, 9.17) is 15.3 Å². The van der Waals surface area contributed by atoms with E-state index in [1.807, 2.05) is 0 Å². The molecule has 2 rings (SSSR count). The van der Waals surface area contributed by atoms with Gasteiger partial charge in [-0.1, -0.05) is 24.3 Å². The number of hydrogen-bond donors (Lipinski definition) is 1. The van der Waals surface area contributed by atoms with Crippen molar-refractivity contribution in [2.75, 3.05) is 7.11 Å². The fourth-order valence-corrected chi connectivity index (χ4v) is 1.80. The van der Waals surface area contributed by atoms with Crippen molar-refractivity contribution in [3.63, 3.8) is 0 Å². The summed E-state index contributed by atoms with van der Waals surface area (Å²) in [6.45, 7) is 0.0957. The van der Waals surface area contributed by atoms with E-state index in [1.54, 1.807) is 36.4 Å². The highest BCUT2D eigenvalue weighted by atomic mass is 19.1. The first-order valence-corrected chi connectivity index (χ1v) is 6.02. The molecule has 0 aliphatic carbocycles. The van der Waals surface area contributed by atoms with Gasteiger partial charge in [0.2, 0.25) is 0 Å². The number of rotatable bonds is 5. The van der Waals surface area contributed by atoms with Gasteiger partial charge in [0.25, 0.3) is 0 Å². The highest BCUT2D eigenvalue weighted by Crippen LogP contribution is 2.30. The first-order valence-electron chi connectivity index (χ1n) is 6.02. The van der Waals surface area contributed by atoms with Gasteiger partial charge in [-0.2, -0.15) is 5.10 Å². The van der Waals surface area contributed by atoms with E-state index in [1.165, 1.54) is 19.4 Å². The molecule has 20 heavy (non-hydrogen) atoms. The van der Waals surface area contributed by atoms with Gasteiger partial charge in [-0.05, 0) is 18.2 Å². The molecular weight excluding hydrogens is 259 g/mol. The molecule has 0 amide bonds. The molecule has 2 N–H and O–H groups in total. The average molecular weight is 274 g/mol. The van der Waals surface area contributed by atoms with E-state index in [2.05, 4.69) is 5.10 Å². The highest BCUT2D eigenvalue weighted by molar-refractivity contribution is 5.84. The van der Waals surface area contributed by atoms with Crippen molar-refractivity contribution in [2.24, 2.45) is 10.9 Å². The Kier molecular flexibility index (Phi) is 4.55. The Bertz CT molecular complexity index is 615. The van der Waals surface area contributed by atoms with Crippen molar-refractivity contribution in [2.45, 2.75) is 6.61 Å². The number of halogens is 1. The molecule has 0 bridgehead atoms. The minimum atomic E-state index is -0.309. The zero-order valence-corrected chi connectivity index (χ0v) is 11.0. The van der Waals surface area contributed by atoms with Crippen molar-refractivity contribution >= 4 is 6.21 Å². The maximum atomic E-state index is 13.6. The molecule has 0 radical (unpaired) electrons. The molecule has 104 valence electrons. The van der Waals surface area contributed by atoms with Gasteiger partial charge >= 0.3 is 0 Å². The van der Waals surface area contributed by atoms with Crippen LogP contribution in [0.5, 0.6) is 11.5 Å². The van der Waals surface area contributed by atoms with Crippen LogP contribution < -0.4 is 15.3 Å². The van der Waals surface area contributed by atoms with E-state index in [0.717, 1.165) is 0 Å². The molecule has 0 aliphatic rings. The first-order chi connectivity index (χ1) is 9.76. The van der Waals surface area contributed by atoms with Gasteiger partial charge in [-0.3, -0.25) is 0 Å². The van der Waals surface area contributed by atoms with Crippen molar-refractivity contribution < 1.29 is 13.9 Å². The predicted octanol–water partition coefficient (Wildman–Crippen LogP) is 2.71. The molecule has 5 heteroatoms. The maximum Gasteiger partial charge on any atom is 0.170 e. The highest BCUT2D eigenvalue weighted by Gasteiger charge is 2.10. The number of nitrogens with zero attached hydrogens (tertiary/aromatic N) is 1. The second kappa shape index (κ2) is 6.56. The van der Waals surface area contributed by atoms with Gasteiger partial charge in [-0.15, -0.1) is 0 Å². The number of para-hydroxylation sites is 1. The number of ether oxygens (including phenoxy) is 2. The Morgan fingerprint density at radius 1 is 1.20 bits per heavy atom. The van der Waals surface area contributed by atoms with E-state index >= 15 is 0 Å². The fourth-order valence-electron chi connectivity index (χ4n) is 1.80. The summed E-state index contributed by atoms with van der Waals surface area (Å²) < 4.78 is 24.5. The average Bonchev–Trinajstić information content (AvgIpc) is 2.47. The Balaban J connectivity index is 2.26. The number of hydrogen-bond acceptors (Lipinski definition) is 4. The second-order valence-corrected chi connectivity index (χ2v) is 4.04. The molecule has 0 aliphatic heterocycles. The number of nitrogens with two attached hydrogens (primary N) is 1. The zero-order valence-electron chi connectivity index (χ0n) is 11.0. The second-order valence-electron chi connectivity index (χ2n) is 4.04. The standard InChI is InChI=1S/C15H15FN2O2/c1-19-14-8-4-6-11(9-18-17)15(14)20-10-12-5-2-3-7-13(12)16/h2-9H,10,17H2,1H3. The van der Waals surface area contributed by atoms with Crippen molar-refractivity contribution in [1.29, 1.82) is 0 Å². The van der Waals surface area contributed by atoms with Crippen LogP contribution >= 0.6 is 0 Å². The van der Waals surface area contributed by atoms with Crippen LogP contribution in [0, 0.1) is 5.82 Å². The van der Waals surface area contributed by atoms with E-state index < -0.39 is 0 Å². The minimum Gasteiger partial charge on any atom is -0.493 e. The molecule has 0 unspecified atom stereocenters. The SMILES string of the molecule is COc1cccc(C=NN)c1OCc1ccccc1F. The van der Waals surface area contributed by atoms with Gasteiger partial charge in [0.1, 0.15) is 12.4 Å². The molecule has 2 aromatic carbocycles. The van der Waals surface area contributed by atoms with Crippen LogP contribution in [0.4, 0.5) is 4.39 Å². The van der Waals surface area contributed by atoms with Crippen LogP contribution in [0.15, 0.2) is 47.6 Å². The summed E-state index contributed by atoms with van der Waals surface area (Å²) >= 11 is 0. The van der Waals surface area contributed by atoms with Crippen LogP contribution in [0.25, 0.3) is 0 Å². The molecule has 0 saturated heterocycles. The lowest BCUT2D eigenvalue weighted by molar-refractivity contribution is 0.279. The molecule has 0 aromatic heterocycles. The molecule has 2 aromatic rings. The molecule has 4 nitrogen and oxygen atoms in total. The third-order valence-electron chi connectivity index (χ3n) is 2.77. The topological polar surface area (TPSA) is 56.8 Å². The Morgan fingerprint density at radius 2 is 2.00 bits per heavy atom. The predicted molar refractivity (Wildman–Crippen MR) is 75.5 cm³/mol. The molecule has 0 atom stereocenters. The van der Waals surface area contributed by atoms with Crippen LogP contribution in [0.1, 0.15) is 11.1 Å². The summed E-state index contributed by atoms with van der Waals surface area (Å²) in [5, 5.41) is 3.48. The summed E-state index contributed by atoms with van der Waals surface area (Å²) in [5.74, 6) is 5.88. The quantitative estimate of drug-likeness (QED) is 0.518. The van der Waals surface area contributed by atoms with E-state index in [9.17, 15) is 4.39 Å². The third-order valence-corrected chi connectivity index (χ3v) is 2.77. The van der Waals surface area contributed by atoms with Crippen molar-refractivity contribution in [3.8, 4) is 11.5 Å². The smallest absolute Gasteiger partial charge is 0.170 e. The van der Waals surface area contributed by atoms with Gasteiger partial charge in [0, 0.05) is 11.1 Å². The van der Waals surface area contributed by atoms with Crippen LogP contribution in [-0.2, 0) is 6.61 Å². The summed E-state index contributed by atoms with van der Waals surface area (Å²) in [6, 6.07) is 11.8. The Labute approximate surface area is 116 Å². The largest absolute Gasteiger partial charge is 0.493 e. The number of benzene rings is 2. The summed E-state index contributed by atoms with van der Waals surface area (Å²) in [7, 11) is 1.54. The fraction of sp³-hybridized carbons (Fsp3) is 0.133. The summed E-state index contributed by atoms with van der Waals surface area (Å²) in [4.78, 5) is 0. The van der Waals surface area contributed by atoms with Crippen LogP contribution in [0.3, 0.4) is 0 Å². The van der Waals surface area contributed by atoms with E-state index in [-0.39, 0.29) is 12.4 Å². The van der Waals surface area contributed by atoms with Crippen molar-refractivity contribution in [3.05, 3.63) is 59.4 Å². The number of hydrazone groups is 1. The molecule has 0 spiro atoms. The molecule has 0 heterocycles. The first kappa shape index (κ1) is 13.9. The summed E-state index contributed by atoms with van der Waals surface area (Å²) in [6.07, 6.45) is 1.46. The third kappa shape index (κ3) is 3.06.